The van der Waals surface area contributed by atoms with Gasteiger partial charge in [-0.25, -0.2) is 4.98 Å². The summed E-state index contributed by atoms with van der Waals surface area (Å²) in [6.45, 7) is 13.9. The van der Waals surface area contributed by atoms with Crippen molar-refractivity contribution in [2.45, 2.75) is 54.9 Å². The van der Waals surface area contributed by atoms with Crippen molar-refractivity contribution in [2.24, 2.45) is 0 Å². The van der Waals surface area contributed by atoms with E-state index in [4.69, 9.17) is 19.0 Å². The maximum atomic E-state index is 7.00. The van der Waals surface area contributed by atoms with E-state index < -0.39 is 0 Å². The predicted molar refractivity (Wildman–Crippen MR) is 174 cm³/mol. The first-order chi connectivity index (χ1) is 20.7. The number of hydrogen-bond donors (Lipinski definition) is 2. The number of hydrogen-bond acceptors (Lipinski definition) is 9. The number of methoxy groups -OCH3 is 2. The Morgan fingerprint density at radius 1 is 0.881 bits per heavy atom. The Morgan fingerprint density at radius 3 is 2.12 bits per heavy atom. The molecule has 230 valence electrons. The van der Waals surface area contributed by atoms with Gasteiger partial charge in [-0.2, -0.15) is 0 Å². The quantitative estimate of drug-likeness (QED) is 0.132. The summed E-state index contributed by atoms with van der Waals surface area (Å²) < 4.78 is 24.4. The number of nitrogens with zero attached hydrogens (tertiary/aromatic N) is 5. The first-order valence-electron chi connectivity index (χ1n) is 14.2. The van der Waals surface area contributed by atoms with Gasteiger partial charge in [0.2, 0.25) is 11.8 Å². The number of anilines is 1. The fourth-order valence-electron chi connectivity index (χ4n) is 3.71. The van der Waals surface area contributed by atoms with Crippen molar-refractivity contribution < 1.29 is 19.0 Å². The summed E-state index contributed by atoms with van der Waals surface area (Å²) in [4.78, 5) is 4.66. The fraction of sp³-hybridized carbons (Fsp3) is 0.387. The summed E-state index contributed by atoms with van der Waals surface area (Å²) in [5.74, 6) is 4.50. The monoisotopic (exact) mass is 598 g/mol. The highest BCUT2D eigenvalue weighted by atomic mass is 32.2. The number of nitrogens with one attached hydrogen (secondary N) is 1. The van der Waals surface area contributed by atoms with E-state index in [0.717, 1.165) is 36.4 Å². The lowest BCUT2D eigenvalue weighted by atomic mass is 10.2. The summed E-state index contributed by atoms with van der Waals surface area (Å²) in [5, 5.41) is 15.8. The first-order valence-corrected chi connectivity index (χ1v) is 15.1. The van der Waals surface area contributed by atoms with Crippen LogP contribution >= 0.6 is 11.9 Å². The largest absolute Gasteiger partial charge is 0.494 e. The van der Waals surface area contributed by atoms with Gasteiger partial charge in [0.05, 0.1) is 19.9 Å². The number of aryl methyl sites for hydroxylation is 2. The zero-order chi connectivity index (χ0) is 31.5. The third-order valence-corrected chi connectivity index (χ3v) is 6.02. The number of benzene rings is 1. The van der Waals surface area contributed by atoms with Gasteiger partial charge in [0.15, 0.2) is 5.76 Å². The molecule has 0 saturated carbocycles. The Hall–Kier alpha value is -3.96. The van der Waals surface area contributed by atoms with Gasteiger partial charge in [-0.05, 0) is 55.3 Å². The molecular weight excluding hydrogens is 552 g/mol. The molecule has 42 heavy (non-hydrogen) atoms. The van der Waals surface area contributed by atoms with Crippen molar-refractivity contribution in [3.8, 4) is 28.8 Å². The van der Waals surface area contributed by atoms with E-state index in [0.29, 0.717) is 34.7 Å². The highest BCUT2D eigenvalue weighted by molar-refractivity contribution is 8.00. The second kappa shape index (κ2) is 20.0. The smallest absolute Gasteiger partial charge is 0.239 e. The highest BCUT2D eigenvalue weighted by Gasteiger charge is 2.24. The number of pyridine rings is 1. The first kappa shape index (κ1) is 36.1. The van der Waals surface area contributed by atoms with Crippen LogP contribution in [0.3, 0.4) is 0 Å². The van der Waals surface area contributed by atoms with Gasteiger partial charge < -0.3 is 23.4 Å². The molecule has 1 aromatic carbocycles. The van der Waals surface area contributed by atoms with Crippen LogP contribution in [-0.2, 0) is 6.42 Å². The van der Waals surface area contributed by atoms with Gasteiger partial charge in [-0.15, -0.1) is 10.2 Å². The van der Waals surface area contributed by atoms with Crippen LogP contribution in [0.25, 0.3) is 22.9 Å². The van der Waals surface area contributed by atoms with Gasteiger partial charge in [-0.1, -0.05) is 53.7 Å². The van der Waals surface area contributed by atoms with Crippen molar-refractivity contribution in [1.82, 2.24) is 24.1 Å². The van der Waals surface area contributed by atoms with E-state index in [-0.39, 0.29) is 0 Å². The number of para-hydroxylation sites is 1. The molecule has 11 heteroatoms. The molecule has 4 heterocycles. The summed E-state index contributed by atoms with van der Waals surface area (Å²) >= 11 is 1.53. The van der Waals surface area contributed by atoms with E-state index in [2.05, 4.69) is 26.1 Å². The van der Waals surface area contributed by atoms with Crippen LogP contribution in [0.1, 0.15) is 53.0 Å². The normalized spacial score (nSPS) is 9.60. The van der Waals surface area contributed by atoms with Crippen LogP contribution in [-0.4, -0.2) is 56.3 Å². The molecule has 0 aliphatic rings. The van der Waals surface area contributed by atoms with E-state index in [1.165, 1.54) is 11.9 Å². The number of aromatic nitrogens is 5. The molecule has 5 aromatic rings. The third kappa shape index (κ3) is 9.02. The Morgan fingerprint density at radius 2 is 1.55 bits per heavy atom. The number of aliphatic hydroxyl groups excluding tert-OH is 1. The van der Waals surface area contributed by atoms with Gasteiger partial charge in [0, 0.05) is 31.7 Å². The van der Waals surface area contributed by atoms with Crippen LogP contribution in [0.2, 0.25) is 0 Å². The maximum absolute atomic E-state index is 7.00. The minimum Gasteiger partial charge on any atom is -0.494 e. The summed E-state index contributed by atoms with van der Waals surface area (Å²) in [7, 11) is 4.24. The SMILES string of the molecule is CC.CC.CC.CO.COc1cccc(OC)c1-n1c(NSCCc2cn3ccccc3n2)nnc1-c1ccc(C)o1. The molecule has 4 aromatic heterocycles. The lowest BCUT2D eigenvalue weighted by Gasteiger charge is -2.16. The van der Waals surface area contributed by atoms with Crippen LogP contribution in [0.4, 0.5) is 5.95 Å². The molecule has 2 N–H and O–H groups in total. The molecule has 0 aliphatic carbocycles. The summed E-state index contributed by atoms with van der Waals surface area (Å²) in [5.41, 5.74) is 2.65. The predicted octanol–water partition coefficient (Wildman–Crippen LogP) is 7.49. The number of rotatable bonds is 9. The zero-order valence-electron chi connectivity index (χ0n) is 26.5. The molecule has 0 fully saturated rings. The van der Waals surface area contributed by atoms with Crippen molar-refractivity contribution >= 4 is 23.5 Å². The Labute approximate surface area is 254 Å². The minimum atomic E-state index is 0.534. The second-order valence-electron chi connectivity index (χ2n) is 7.50. The fourth-order valence-corrected chi connectivity index (χ4v) is 4.38. The molecule has 0 aliphatic heterocycles. The second-order valence-corrected chi connectivity index (χ2v) is 8.40. The molecule has 5 rings (SSSR count). The lowest BCUT2D eigenvalue weighted by Crippen LogP contribution is -2.07. The van der Waals surface area contributed by atoms with E-state index >= 15 is 0 Å². The molecule has 0 bridgehead atoms. The van der Waals surface area contributed by atoms with Crippen LogP contribution in [0.15, 0.2) is 65.3 Å². The van der Waals surface area contributed by atoms with Crippen LogP contribution < -0.4 is 14.2 Å². The van der Waals surface area contributed by atoms with E-state index in [1.807, 2.05) is 112 Å². The van der Waals surface area contributed by atoms with Gasteiger partial charge in [-0.3, -0.25) is 9.29 Å². The van der Waals surface area contributed by atoms with Crippen molar-refractivity contribution in [3.63, 3.8) is 0 Å². The van der Waals surface area contributed by atoms with Gasteiger partial charge >= 0.3 is 0 Å². The molecule has 0 radical (unpaired) electrons. The van der Waals surface area contributed by atoms with Crippen molar-refractivity contribution in [3.05, 3.63) is 72.4 Å². The summed E-state index contributed by atoms with van der Waals surface area (Å²) in [6, 6.07) is 15.4. The third-order valence-electron chi connectivity index (χ3n) is 5.29. The topological polar surface area (TPSA) is 112 Å². The van der Waals surface area contributed by atoms with Crippen molar-refractivity contribution in [2.75, 3.05) is 31.8 Å². The molecule has 0 spiro atoms. The number of furan rings is 1. The van der Waals surface area contributed by atoms with Crippen LogP contribution in [0, 0.1) is 6.92 Å². The van der Waals surface area contributed by atoms with E-state index in [9.17, 15) is 0 Å². The molecule has 10 nitrogen and oxygen atoms in total. The molecule has 0 unspecified atom stereocenters. The Balaban J connectivity index is 0.00000102. The maximum Gasteiger partial charge on any atom is 0.239 e. The lowest BCUT2D eigenvalue weighted by molar-refractivity contribution is 0.391. The average molecular weight is 599 g/mol. The number of aliphatic hydroxyl groups is 1. The van der Waals surface area contributed by atoms with Gasteiger partial charge in [0.25, 0.3) is 0 Å². The molecule has 0 amide bonds. The highest BCUT2D eigenvalue weighted by Crippen LogP contribution is 2.38. The number of fused-ring (bicyclic) bond motifs is 1. The molecule has 0 saturated heterocycles. The standard InChI is InChI=1S/C24H24N6O3S.3C2H6.CH4O/c1-16-10-11-20(33-16)23-26-27-24(30(23)22-18(31-2)7-6-8-19(22)32-3)28-34-14-12-17-15-29-13-5-4-9-21(29)25-17;4*1-2/h4-11,13,15H,12,14H2,1-3H3,(H,27,28);3*1-2H3;2H,1H3. The summed E-state index contributed by atoms with van der Waals surface area (Å²) in [6.07, 6.45) is 4.85. The van der Waals surface area contributed by atoms with E-state index in [1.54, 1.807) is 14.2 Å². The van der Waals surface area contributed by atoms with Gasteiger partial charge in [0.1, 0.15) is 28.6 Å². The number of ether oxygens (including phenoxy) is 2. The molecule has 0 atom stereocenters. The number of imidazole rings is 1. The average Bonchev–Trinajstić information content (AvgIpc) is 3.80. The Kier molecular flexibility index (Phi) is 17.2. The Bertz CT molecular complexity index is 1370. The zero-order valence-corrected chi connectivity index (χ0v) is 27.3. The minimum absolute atomic E-state index is 0.534. The van der Waals surface area contributed by atoms with Crippen LogP contribution in [0.5, 0.6) is 11.5 Å². The molecular formula is C31H46N6O4S. The van der Waals surface area contributed by atoms with Crippen molar-refractivity contribution in [1.29, 1.82) is 0 Å².